The molecule has 22 heavy (non-hydrogen) atoms. The molecular formula is C17H12Cl2N2S. The lowest BCUT2D eigenvalue weighted by Gasteiger charge is -1.97. The van der Waals surface area contributed by atoms with Crippen molar-refractivity contribution in [3.63, 3.8) is 0 Å². The van der Waals surface area contributed by atoms with E-state index in [9.17, 15) is 0 Å². The van der Waals surface area contributed by atoms with Crippen molar-refractivity contribution in [2.45, 2.75) is 6.92 Å². The van der Waals surface area contributed by atoms with Crippen molar-refractivity contribution in [2.24, 2.45) is 4.99 Å². The Hall–Kier alpha value is -1.68. The van der Waals surface area contributed by atoms with Crippen molar-refractivity contribution in [3.8, 4) is 11.3 Å². The number of hydrogen-bond acceptors (Lipinski definition) is 3. The van der Waals surface area contributed by atoms with Crippen molar-refractivity contribution >= 4 is 45.9 Å². The molecule has 110 valence electrons. The summed E-state index contributed by atoms with van der Waals surface area (Å²) in [7, 11) is 0. The highest BCUT2D eigenvalue weighted by molar-refractivity contribution is 7.15. The van der Waals surface area contributed by atoms with Gasteiger partial charge in [-0.15, -0.1) is 0 Å². The molecule has 0 aliphatic heterocycles. The number of aromatic nitrogens is 1. The van der Waals surface area contributed by atoms with E-state index in [-0.39, 0.29) is 0 Å². The van der Waals surface area contributed by atoms with Crippen molar-refractivity contribution in [1.82, 2.24) is 4.98 Å². The fourth-order valence-electron chi connectivity index (χ4n) is 2.03. The zero-order valence-electron chi connectivity index (χ0n) is 11.8. The predicted octanol–water partition coefficient (Wildman–Crippen LogP) is 6.18. The average Bonchev–Trinajstić information content (AvgIpc) is 2.88. The van der Waals surface area contributed by atoms with Gasteiger partial charge in [0.2, 0.25) is 5.13 Å². The molecule has 0 aliphatic rings. The van der Waals surface area contributed by atoms with Crippen LogP contribution in [0.1, 0.15) is 10.4 Å². The van der Waals surface area contributed by atoms with Gasteiger partial charge in [-0.2, -0.15) is 0 Å². The second kappa shape index (κ2) is 6.61. The summed E-state index contributed by atoms with van der Waals surface area (Å²) in [5.41, 5.74) is 2.89. The molecule has 0 saturated heterocycles. The van der Waals surface area contributed by atoms with Crippen LogP contribution in [0.15, 0.2) is 53.5 Å². The number of aryl methyl sites for hydroxylation is 1. The van der Waals surface area contributed by atoms with E-state index in [1.165, 1.54) is 0 Å². The summed E-state index contributed by atoms with van der Waals surface area (Å²) in [6.07, 6.45) is 1.71. The van der Waals surface area contributed by atoms with Crippen molar-refractivity contribution in [1.29, 1.82) is 0 Å². The van der Waals surface area contributed by atoms with E-state index in [1.807, 2.05) is 43.3 Å². The molecule has 2 aromatic carbocycles. The van der Waals surface area contributed by atoms with Crippen LogP contribution in [-0.4, -0.2) is 11.2 Å². The average molecular weight is 347 g/mol. The maximum Gasteiger partial charge on any atom is 0.209 e. The first-order valence-corrected chi connectivity index (χ1v) is 8.23. The van der Waals surface area contributed by atoms with Crippen LogP contribution < -0.4 is 0 Å². The normalized spacial score (nSPS) is 11.2. The third-order valence-corrected chi connectivity index (χ3v) is 4.55. The minimum Gasteiger partial charge on any atom is -0.227 e. The third-order valence-electron chi connectivity index (χ3n) is 3.11. The van der Waals surface area contributed by atoms with Crippen LogP contribution in [0.2, 0.25) is 10.0 Å². The molecule has 2 nitrogen and oxygen atoms in total. The summed E-state index contributed by atoms with van der Waals surface area (Å²) in [5, 5.41) is 1.90. The molecule has 0 spiro atoms. The van der Waals surface area contributed by atoms with E-state index in [2.05, 4.69) is 9.98 Å². The van der Waals surface area contributed by atoms with Crippen LogP contribution in [0.5, 0.6) is 0 Å². The molecule has 5 heteroatoms. The van der Waals surface area contributed by atoms with Crippen LogP contribution >= 0.6 is 34.5 Å². The number of rotatable bonds is 3. The predicted molar refractivity (Wildman–Crippen MR) is 96.0 cm³/mol. The summed E-state index contributed by atoms with van der Waals surface area (Å²) >= 11 is 13.6. The van der Waals surface area contributed by atoms with E-state index in [1.54, 1.807) is 29.7 Å². The van der Waals surface area contributed by atoms with Gasteiger partial charge in [0.25, 0.3) is 0 Å². The Morgan fingerprint density at radius 1 is 1.09 bits per heavy atom. The fourth-order valence-corrected chi connectivity index (χ4v) is 3.27. The van der Waals surface area contributed by atoms with Crippen LogP contribution in [-0.2, 0) is 0 Å². The van der Waals surface area contributed by atoms with Gasteiger partial charge in [-0.05, 0) is 19.1 Å². The second-order valence-electron chi connectivity index (χ2n) is 4.69. The monoisotopic (exact) mass is 346 g/mol. The van der Waals surface area contributed by atoms with E-state index in [0.717, 1.165) is 21.7 Å². The highest BCUT2D eigenvalue weighted by atomic mass is 35.5. The number of benzene rings is 2. The van der Waals surface area contributed by atoms with Gasteiger partial charge in [-0.1, -0.05) is 70.9 Å². The lowest BCUT2D eigenvalue weighted by atomic mass is 10.1. The summed E-state index contributed by atoms with van der Waals surface area (Å²) in [6, 6.07) is 15.4. The van der Waals surface area contributed by atoms with Gasteiger partial charge in [0.05, 0.1) is 10.7 Å². The SMILES string of the molecule is Cc1sc(/N=C/c2ccc(Cl)cc2Cl)nc1-c1ccccc1. The van der Waals surface area contributed by atoms with Gasteiger partial charge in [0.1, 0.15) is 0 Å². The maximum atomic E-state index is 6.14. The van der Waals surface area contributed by atoms with Crippen molar-refractivity contribution < 1.29 is 0 Å². The van der Waals surface area contributed by atoms with Gasteiger partial charge >= 0.3 is 0 Å². The van der Waals surface area contributed by atoms with Crippen LogP contribution in [0, 0.1) is 6.92 Å². The zero-order chi connectivity index (χ0) is 15.5. The molecule has 0 N–H and O–H groups in total. The molecule has 0 amide bonds. The Bertz CT molecular complexity index is 826. The fraction of sp³-hybridized carbons (Fsp3) is 0.0588. The molecule has 0 unspecified atom stereocenters. The molecule has 0 atom stereocenters. The number of aliphatic imine (C=N–C) groups is 1. The minimum atomic E-state index is 0.577. The standard InChI is InChI=1S/C17H12Cl2N2S/c1-11-16(12-5-3-2-4-6-12)21-17(22-11)20-10-13-7-8-14(18)9-15(13)19/h2-10H,1H3/b20-10+. The Labute approximate surface area is 143 Å². The van der Waals surface area contributed by atoms with Crippen LogP contribution in [0.25, 0.3) is 11.3 Å². The molecule has 3 rings (SSSR count). The lowest BCUT2D eigenvalue weighted by molar-refractivity contribution is 1.34. The Morgan fingerprint density at radius 2 is 1.86 bits per heavy atom. The number of halogens is 2. The maximum absolute atomic E-state index is 6.14. The molecule has 0 radical (unpaired) electrons. The summed E-state index contributed by atoms with van der Waals surface area (Å²) < 4.78 is 0. The summed E-state index contributed by atoms with van der Waals surface area (Å²) in [5.74, 6) is 0. The molecule has 0 aliphatic carbocycles. The molecule has 0 saturated carbocycles. The number of thiazole rings is 1. The van der Waals surface area contributed by atoms with Gasteiger partial charge in [0, 0.05) is 27.2 Å². The largest absolute Gasteiger partial charge is 0.227 e. The quantitative estimate of drug-likeness (QED) is 0.520. The number of nitrogens with zero attached hydrogens (tertiary/aromatic N) is 2. The van der Waals surface area contributed by atoms with Gasteiger partial charge in [0.15, 0.2) is 0 Å². The minimum absolute atomic E-state index is 0.577. The summed E-state index contributed by atoms with van der Waals surface area (Å²) in [6.45, 7) is 2.05. The van der Waals surface area contributed by atoms with E-state index >= 15 is 0 Å². The zero-order valence-corrected chi connectivity index (χ0v) is 14.1. The number of hydrogen-bond donors (Lipinski definition) is 0. The lowest BCUT2D eigenvalue weighted by Crippen LogP contribution is -1.82. The Morgan fingerprint density at radius 3 is 2.59 bits per heavy atom. The molecule has 0 bridgehead atoms. The second-order valence-corrected chi connectivity index (χ2v) is 6.72. The summed E-state index contributed by atoms with van der Waals surface area (Å²) in [4.78, 5) is 10.2. The smallest absolute Gasteiger partial charge is 0.209 e. The molecule has 1 aromatic heterocycles. The Balaban J connectivity index is 1.89. The highest BCUT2D eigenvalue weighted by Gasteiger charge is 2.08. The van der Waals surface area contributed by atoms with Crippen LogP contribution in [0.4, 0.5) is 5.13 Å². The van der Waals surface area contributed by atoms with Gasteiger partial charge < -0.3 is 0 Å². The van der Waals surface area contributed by atoms with Crippen molar-refractivity contribution in [3.05, 3.63) is 69.0 Å². The molecule has 1 heterocycles. The third kappa shape index (κ3) is 3.38. The van der Waals surface area contributed by atoms with E-state index in [0.29, 0.717) is 15.2 Å². The highest BCUT2D eigenvalue weighted by Crippen LogP contribution is 2.32. The topological polar surface area (TPSA) is 25.2 Å². The van der Waals surface area contributed by atoms with E-state index < -0.39 is 0 Å². The van der Waals surface area contributed by atoms with Crippen molar-refractivity contribution in [2.75, 3.05) is 0 Å². The van der Waals surface area contributed by atoms with Crippen LogP contribution in [0.3, 0.4) is 0 Å². The molecule has 0 fully saturated rings. The first-order valence-electron chi connectivity index (χ1n) is 6.65. The Kier molecular flexibility index (Phi) is 4.57. The van der Waals surface area contributed by atoms with Gasteiger partial charge in [-0.3, -0.25) is 0 Å². The first kappa shape index (κ1) is 15.2. The first-order chi connectivity index (χ1) is 10.6. The van der Waals surface area contributed by atoms with E-state index in [4.69, 9.17) is 23.2 Å². The van der Waals surface area contributed by atoms with Gasteiger partial charge in [-0.25, -0.2) is 9.98 Å². The molecular weight excluding hydrogens is 335 g/mol. The molecule has 3 aromatic rings.